The molecule has 3 aromatic heterocycles. The van der Waals surface area contributed by atoms with Crippen molar-refractivity contribution in [3.63, 3.8) is 0 Å². The van der Waals surface area contributed by atoms with Gasteiger partial charge >= 0.3 is 200 Å². The van der Waals surface area contributed by atoms with E-state index >= 15 is 0 Å². The average Bonchev–Trinajstić information content (AvgIpc) is 3.74. The molecule has 6 heteroatoms. The summed E-state index contributed by atoms with van der Waals surface area (Å²) in [6.07, 6.45) is 4.30. The fourth-order valence-corrected chi connectivity index (χ4v) is 8.89. The number of aromatic nitrogens is 4. The number of para-hydroxylation sites is 2. The van der Waals surface area contributed by atoms with Gasteiger partial charge in [-0.2, -0.15) is 0 Å². The second-order valence-electron chi connectivity index (χ2n) is 13.7. The van der Waals surface area contributed by atoms with E-state index in [9.17, 15) is 0 Å². The van der Waals surface area contributed by atoms with Gasteiger partial charge in [0.15, 0.2) is 0 Å². The Morgan fingerprint density at radius 1 is 0.741 bits per heavy atom. The summed E-state index contributed by atoms with van der Waals surface area (Å²) in [5.41, 5.74) is 8.82. The monoisotopic (exact) mass is 885 g/mol. The molecule has 0 spiro atoms. The molecule has 0 saturated heterocycles. The van der Waals surface area contributed by atoms with E-state index in [1.807, 2.05) is 102 Å². The fraction of sp³-hybridized carbons (Fsp3) is 0.125. The third kappa shape index (κ3) is 5.49. The van der Waals surface area contributed by atoms with E-state index in [0.717, 1.165) is 68.9 Å². The second kappa shape index (κ2) is 13.3. The summed E-state index contributed by atoms with van der Waals surface area (Å²) < 4.78 is 63.4. The van der Waals surface area contributed by atoms with Crippen LogP contribution in [0.1, 0.15) is 43.8 Å². The second-order valence-corrected chi connectivity index (χ2v) is 14.7. The van der Waals surface area contributed by atoms with Crippen LogP contribution in [0.2, 0.25) is 0 Å². The van der Waals surface area contributed by atoms with Gasteiger partial charge in [-0.15, -0.1) is 0 Å². The molecule has 266 valence electrons. The van der Waals surface area contributed by atoms with E-state index in [4.69, 9.17) is 17.9 Å². The van der Waals surface area contributed by atoms with Crippen LogP contribution in [0.4, 0.5) is 0 Å². The van der Waals surface area contributed by atoms with Crippen molar-refractivity contribution in [1.29, 1.82) is 0 Å². The van der Waals surface area contributed by atoms with Crippen molar-refractivity contribution < 1.29 is 32.3 Å². The van der Waals surface area contributed by atoms with Gasteiger partial charge in [-0.25, -0.2) is 4.98 Å². The summed E-state index contributed by atoms with van der Waals surface area (Å²) in [7, 11) is 0. The molecule has 0 bridgehead atoms. The molecular formula is C48H36N4OPt-2. The number of rotatable bonds is 6. The van der Waals surface area contributed by atoms with E-state index in [2.05, 4.69) is 66.4 Å². The predicted molar refractivity (Wildman–Crippen MR) is 214 cm³/mol. The Morgan fingerprint density at radius 3 is 2.31 bits per heavy atom. The van der Waals surface area contributed by atoms with Crippen LogP contribution in [0.3, 0.4) is 0 Å². The van der Waals surface area contributed by atoms with E-state index in [1.54, 1.807) is 12.3 Å². The summed E-state index contributed by atoms with van der Waals surface area (Å²) in [6, 6.07) is 50.1. The van der Waals surface area contributed by atoms with Gasteiger partial charge < -0.3 is 0 Å². The number of imidazole rings is 1. The van der Waals surface area contributed by atoms with Crippen molar-refractivity contribution in [3.05, 3.63) is 172 Å². The van der Waals surface area contributed by atoms with Crippen LogP contribution < -0.4 is 4.74 Å². The first-order valence-electron chi connectivity index (χ1n) is 21.0. The molecule has 0 fully saturated rings. The van der Waals surface area contributed by atoms with Gasteiger partial charge in [0, 0.05) is 15.9 Å². The molecule has 0 amide bonds. The minimum atomic E-state index is -2.40. The van der Waals surface area contributed by atoms with Crippen molar-refractivity contribution in [2.75, 3.05) is 0 Å². The van der Waals surface area contributed by atoms with Gasteiger partial charge in [0.25, 0.3) is 0 Å². The Hall–Kier alpha value is -5.77. The van der Waals surface area contributed by atoms with Gasteiger partial charge in [0.2, 0.25) is 0 Å². The van der Waals surface area contributed by atoms with E-state index in [-0.39, 0.29) is 11.6 Å². The van der Waals surface area contributed by atoms with Crippen LogP contribution in [0.25, 0.3) is 60.9 Å². The smallest absolute Gasteiger partial charge is 0.238 e. The van der Waals surface area contributed by atoms with Gasteiger partial charge in [0.05, 0.1) is 0 Å². The number of aryl methyl sites for hydroxylation is 3. The van der Waals surface area contributed by atoms with Crippen LogP contribution >= 0.6 is 0 Å². The third-order valence-corrected chi connectivity index (χ3v) is 11.6. The average molecular weight is 886 g/mol. The summed E-state index contributed by atoms with van der Waals surface area (Å²) >= 11 is 2.14. The first kappa shape index (κ1) is 26.9. The summed E-state index contributed by atoms with van der Waals surface area (Å²) in [6.45, 7) is -4.75. The van der Waals surface area contributed by atoms with Gasteiger partial charge in [-0.05, 0) is 41.2 Å². The normalized spacial score (nSPS) is 16.3. The maximum atomic E-state index is 8.55. The molecule has 10 rings (SSSR count). The van der Waals surface area contributed by atoms with E-state index in [1.165, 1.54) is 4.57 Å². The molecule has 1 aliphatic rings. The third-order valence-electron chi connectivity index (χ3n) is 10.5. The molecule has 9 aromatic rings. The number of nitrogens with zero attached hydrogens (tertiary/aromatic N) is 4. The topological polar surface area (TPSA) is 36.9 Å². The molecule has 1 unspecified atom stereocenters. The Labute approximate surface area is 333 Å². The first-order chi connectivity index (χ1) is 28.9. The van der Waals surface area contributed by atoms with Crippen LogP contribution in [0, 0.1) is 22.8 Å². The molecule has 0 saturated carbocycles. The van der Waals surface area contributed by atoms with Crippen molar-refractivity contribution in [3.8, 4) is 39.6 Å². The zero-order valence-electron chi connectivity index (χ0n) is 35.0. The first-order valence-corrected chi connectivity index (χ1v) is 19.1. The van der Waals surface area contributed by atoms with Gasteiger partial charge in [0.1, 0.15) is 0 Å². The zero-order chi connectivity index (χ0) is 41.3. The maximum absolute atomic E-state index is 8.55. The molecule has 0 radical (unpaired) electrons. The van der Waals surface area contributed by atoms with Crippen molar-refractivity contribution in [1.82, 2.24) is 18.7 Å². The molecule has 1 aliphatic carbocycles. The number of hydrogen-bond acceptors (Lipinski definition) is 2. The van der Waals surface area contributed by atoms with Crippen molar-refractivity contribution >= 4 is 32.8 Å². The van der Waals surface area contributed by atoms with E-state index in [0.29, 0.717) is 37.7 Å². The number of fused-ring (bicyclic) bond motifs is 5. The zero-order valence-corrected chi connectivity index (χ0v) is 31.3. The Morgan fingerprint density at radius 2 is 1.50 bits per heavy atom. The number of ether oxygens (including phenoxy) is 1. The Balaban J connectivity index is 1.11. The van der Waals surface area contributed by atoms with Crippen LogP contribution in [0.5, 0.6) is 11.5 Å². The van der Waals surface area contributed by atoms with E-state index < -0.39 is 13.8 Å². The van der Waals surface area contributed by atoms with Gasteiger partial charge in [-0.1, -0.05) is 72.8 Å². The number of benzene rings is 6. The fourth-order valence-electron chi connectivity index (χ4n) is 7.98. The summed E-state index contributed by atoms with van der Waals surface area (Å²) in [5.74, 6) is 1.42. The predicted octanol–water partition coefficient (Wildman–Crippen LogP) is 11.5. The van der Waals surface area contributed by atoms with Crippen LogP contribution in [-0.4, -0.2) is 18.7 Å². The molecule has 0 N–H and O–H groups in total. The minimum Gasteiger partial charge on any atom is -0.238 e. The SMILES string of the molecule is [2H]C([2H])([2H])c1cc(-n2c3[c-]c(Oc4[c-]c5c(cc4)CCCC5n4[c](=[Pt])n(C([2H])([2H])[2H])c5ccccc54)ccc3c3cc(-c4ccccc4)ccc32)ncc1-c1ccccc1. The van der Waals surface area contributed by atoms with Crippen LogP contribution in [0.15, 0.2) is 140 Å². The van der Waals surface area contributed by atoms with Crippen molar-refractivity contribution in [2.24, 2.45) is 6.98 Å². The summed E-state index contributed by atoms with van der Waals surface area (Å²) in [5, 5.41) is 1.87. The van der Waals surface area contributed by atoms with Gasteiger partial charge in [-0.3, -0.25) is 0 Å². The number of pyridine rings is 1. The number of hydrogen-bond donors (Lipinski definition) is 0. The molecule has 6 aromatic carbocycles. The van der Waals surface area contributed by atoms with Crippen LogP contribution in [-0.2, 0) is 32.8 Å². The summed E-state index contributed by atoms with van der Waals surface area (Å²) in [4.78, 5) is 4.90. The molecule has 1 atom stereocenters. The molecule has 54 heavy (non-hydrogen) atoms. The molecule has 3 heterocycles. The minimum absolute atomic E-state index is 0.150. The standard InChI is InChI=1S/C48H36N4O.Pt/c1-32-26-48(49-30-42(32)34-14-7-4-8-15-34)52-44-25-21-36(33-12-5-3-6-13-33)27-41(44)39-24-23-38(29-47(39)52)53-37-22-20-35-16-11-19-43(40(35)28-37)51-31-50(2)45-17-9-10-18-46(45)51;/h3-10,12-15,17-18,20-27,30,43H,11,16,19H2,1-2H3;/q-2;/i1D3,2D3;. The van der Waals surface area contributed by atoms with Crippen molar-refractivity contribution in [2.45, 2.75) is 32.2 Å². The quantitative estimate of drug-likeness (QED) is 0.156. The molecular weight excluding hydrogens is 844 g/mol. The Bertz CT molecular complexity index is 3170. The Kier molecular flexibility index (Phi) is 6.61. The molecule has 0 aliphatic heterocycles. The molecule has 5 nitrogen and oxygen atoms in total.